The second-order valence-corrected chi connectivity index (χ2v) is 18.6. The van der Waals surface area contributed by atoms with Crippen LogP contribution >= 0.6 is 7.82 Å². The third kappa shape index (κ3) is 49.4. The van der Waals surface area contributed by atoms with Crippen molar-refractivity contribution in [1.82, 2.24) is 0 Å². The minimum Gasteiger partial charge on any atom is -0.457 e. The Morgan fingerprint density at radius 1 is 0.508 bits per heavy atom. The number of hydrogen-bond acceptors (Lipinski definition) is 8. The highest BCUT2D eigenvalue weighted by Gasteiger charge is 2.26. The molecule has 0 aliphatic rings. The van der Waals surface area contributed by atoms with Gasteiger partial charge in [-0.15, -0.1) is 0 Å². The van der Waals surface area contributed by atoms with E-state index in [0.717, 1.165) is 83.5 Å². The number of carbonyl (C=O) groups is 1. The number of hydrogen-bond donors (Lipinski definition) is 3. The molecule has 0 spiro atoms. The van der Waals surface area contributed by atoms with E-state index >= 15 is 0 Å². The molecule has 0 saturated heterocycles. The molecule has 0 aromatic rings. The molecule has 0 fully saturated rings. The Bertz CT molecular complexity index is 1170. The van der Waals surface area contributed by atoms with Crippen LogP contribution in [0, 0.1) is 0 Å². The van der Waals surface area contributed by atoms with E-state index < -0.39 is 33.2 Å². The second-order valence-electron chi connectivity index (χ2n) is 17.2. The summed E-state index contributed by atoms with van der Waals surface area (Å²) in [5, 5.41) is 18.4. The Hall–Kier alpha value is -1.84. The first-order chi connectivity index (χ1) is 30.8. The van der Waals surface area contributed by atoms with E-state index in [1.165, 1.54) is 122 Å². The molecule has 0 bridgehead atoms. The van der Waals surface area contributed by atoms with Crippen LogP contribution < -0.4 is 0 Å². The van der Waals surface area contributed by atoms with E-state index in [1.807, 2.05) is 0 Å². The van der Waals surface area contributed by atoms with Crippen LogP contribution in [0.5, 0.6) is 0 Å². The Morgan fingerprint density at radius 2 is 0.905 bits per heavy atom. The van der Waals surface area contributed by atoms with Crippen molar-refractivity contribution in [2.45, 2.75) is 238 Å². The molecule has 3 N–H and O–H groups in total. The maximum atomic E-state index is 12.7. The van der Waals surface area contributed by atoms with Crippen molar-refractivity contribution in [3.05, 3.63) is 60.8 Å². The minimum atomic E-state index is -4.53. The van der Waals surface area contributed by atoms with Crippen molar-refractivity contribution >= 4 is 13.8 Å². The molecule has 0 aromatic carbocycles. The number of allylic oxidation sites excluding steroid dienone is 10. The Morgan fingerprint density at radius 3 is 1.37 bits per heavy atom. The molecule has 368 valence electrons. The summed E-state index contributed by atoms with van der Waals surface area (Å²) in [7, 11) is -4.53. The molecule has 0 rings (SSSR count). The first kappa shape index (κ1) is 61.2. The van der Waals surface area contributed by atoms with E-state index in [4.69, 9.17) is 23.6 Å². The summed E-state index contributed by atoms with van der Waals surface area (Å²) in [6, 6.07) is 0. The number of phosphoric ester groups is 1. The van der Waals surface area contributed by atoms with Crippen molar-refractivity contribution in [3.63, 3.8) is 0 Å². The fraction of sp³-hybridized carbons (Fsp3) is 0.792. The zero-order valence-corrected chi connectivity index (χ0v) is 41.4. The number of esters is 1. The van der Waals surface area contributed by atoms with E-state index in [1.54, 1.807) is 0 Å². The molecule has 3 unspecified atom stereocenters. The molecule has 0 saturated carbocycles. The normalized spacial score (nSPS) is 14.3. The molecule has 10 heteroatoms. The van der Waals surface area contributed by atoms with Crippen molar-refractivity contribution < 1.29 is 43.0 Å². The number of carbonyl (C=O) groups excluding carboxylic acids is 1. The van der Waals surface area contributed by atoms with Gasteiger partial charge in [0.05, 0.1) is 26.4 Å². The first-order valence-electron chi connectivity index (χ1n) is 25.8. The lowest BCUT2D eigenvalue weighted by Crippen LogP contribution is -2.29. The molecule has 0 amide bonds. The lowest BCUT2D eigenvalue weighted by Gasteiger charge is -2.20. The van der Waals surface area contributed by atoms with E-state index in [-0.39, 0.29) is 25.6 Å². The van der Waals surface area contributed by atoms with Crippen LogP contribution in [0.25, 0.3) is 0 Å². The zero-order chi connectivity index (χ0) is 46.0. The average molecular weight is 909 g/mol. The van der Waals surface area contributed by atoms with Gasteiger partial charge < -0.3 is 24.6 Å². The largest absolute Gasteiger partial charge is 0.472 e. The van der Waals surface area contributed by atoms with Crippen LogP contribution in [0.2, 0.25) is 0 Å². The summed E-state index contributed by atoms with van der Waals surface area (Å²) >= 11 is 0. The van der Waals surface area contributed by atoms with Crippen molar-refractivity contribution in [2.75, 3.05) is 33.0 Å². The molecule has 0 aliphatic carbocycles. The molecular weight excluding hydrogens is 812 g/mol. The number of aliphatic hydroxyl groups is 2. The van der Waals surface area contributed by atoms with E-state index in [9.17, 15) is 19.4 Å². The predicted octanol–water partition coefficient (Wildman–Crippen LogP) is 15.1. The number of phosphoric acid groups is 1. The van der Waals surface area contributed by atoms with Gasteiger partial charge in [-0.05, 0) is 57.8 Å². The van der Waals surface area contributed by atoms with Gasteiger partial charge >= 0.3 is 13.8 Å². The summed E-state index contributed by atoms with van der Waals surface area (Å²) in [4.78, 5) is 22.7. The Balaban J connectivity index is 4.11. The van der Waals surface area contributed by atoms with Crippen molar-refractivity contribution in [2.24, 2.45) is 0 Å². The van der Waals surface area contributed by atoms with Gasteiger partial charge in [0, 0.05) is 13.0 Å². The van der Waals surface area contributed by atoms with Crippen molar-refractivity contribution in [1.29, 1.82) is 0 Å². The summed E-state index contributed by atoms with van der Waals surface area (Å²) in [5.74, 6) is -0.389. The second kappa shape index (κ2) is 49.6. The third-order valence-corrected chi connectivity index (χ3v) is 11.9. The molecule has 3 atom stereocenters. The summed E-state index contributed by atoms with van der Waals surface area (Å²) in [6.07, 6.45) is 59.1. The molecule has 0 radical (unpaired) electrons. The third-order valence-electron chi connectivity index (χ3n) is 11.0. The summed E-state index contributed by atoms with van der Waals surface area (Å²) in [5.41, 5.74) is 0. The molecule has 0 aromatic heterocycles. The maximum absolute atomic E-state index is 12.7. The van der Waals surface area contributed by atoms with Crippen molar-refractivity contribution in [3.8, 4) is 0 Å². The number of unbranched alkanes of at least 4 members (excludes halogenated alkanes) is 25. The lowest BCUT2D eigenvalue weighted by molar-refractivity contribution is -0.154. The maximum Gasteiger partial charge on any atom is 0.472 e. The highest BCUT2D eigenvalue weighted by Crippen LogP contribution is 2.43. The molecular formula is C53H97O9P. The molecule has 0 aliphatic heterocycles. The number of rotatable bonds is 49. The SMILES string of the molecule is CC/C=C\C/C=C\C/C=C\C/C=C\C/C=C\CCCCCCOCC(COP(=O)(O)OCC(O)CO)OC(=O)CCCCCCCCCCCCCCCCCCCCCCCC. The topological polar surface area (TPSA) is 132 Å². The highest BCUT2D eigenvalue weighted by atomic mass is 31.2. The fourth-order valence-electron chi connectivity index (χ4n) is 7.09. The Labute approximate surface area is 387 Å². The van der Waals surface area contributed by atoms with Crippen LogP contribution in [0.4, 0.5) is 0 Å². The van der Waals surface area contributed by atoms with Gasteiger partial charge in [-0.3, -0.25) is 13.8 Å². The predicted molar refractivity (Wildman–Crippen MR) is 265 cm³/mol. The van der Waals surface area contributed by atoms with Crippen LogP contribution in [-0.2, 0) is 27.9 Å². The zero-order valence-electron chi connectivity index (χ0n) is 40.5. The van der Waals surface area contributed by atoms with E-state index in [2.05, 4.69) is 74.6 Å². The fourth-order valence-corrected chi connectivity index (χ4v) is 7.88. The quantitative estimate of drug-likeness (QED) is 0.0236. The van der Waals surface area contributed by atoms with E-state index in [0.29, 0.717) is 6.61 Å². The monoisotopic (exact) mass is 909 g/mol. The number of ether oxygens (including phenoxy) is 2. The molecule has 0 heterocycles. The average Bonchev–Trinajstić information content (AvgIpc) is 3.28. The van der Waals surface area contributed by atoms with Gasteiger partial charge in [0.15, 0.2) is 0 Å². The van der Waals surface area contributed by atoms with Crippen LogP contribution in [0.15, 0.2) is 60.8 Å². The van der Waals surface area contributed by atoms with Gasteiger partial charge in [-0.2, -0.15) is 0 Å². The van der Waals surface area contributed by atoms with Gasteiger partial charge in [0.2, 0.25) is 0 Å². The first-order valence-corrected chi connectivity index (χ1v) is 27.3. The standard InChI is InChI=1S/C53H97O9P/c1-3-5-7-9-11-13-15-17-19-21-23-25-26-27-29-31-33-35-37-39-41-43-45-53(56)62-52(50-61-63(57,58)60-48-51(55)47-54)49-59-46-44-42-40-38-36-34-32-30-28-24-22-20-18-16-14-12-10-8-6-4-2/h6,8,12,14,18,20,24,28,32,34,51-52,54-55H,3-5,7,9-11,13,15-17,19,21-23,25-27,29-31,33,35-50H2,1-2H3,(H,57,58)/b8-6-,14-12-,20-18-,28-24-,34-32-. The summed E-state index contributed by atoms with van der Waals surface area (Å²) < 4.78 is 33.5. The molecule has 9 nitrogen and oxygen atoms in total. The molecule has 63 heavy (non-hydrogen) atoms. The van der Waals surface area contributed by atoms with Crippen LogP contribution in [0.3, 0.4) is 0 Å². The van der Waals surface area contributed by atoms with Gasteiger partial charge in [-0.1, -0.05) is 222 Å². The van der Waals surface area contributed by atoms with Gasteiger partial charge in [0.25, 0.3) is 0 Å². The number of aliphatic hydroxyl groups excluding tert-OH is 2. The Kier molecular flexibility index (Phi) is 48.1. The highest BCUT2D eigenvalue weighted by molar-refractivity contribution is 7.47. The smallest absolute Gasteiger partial charge is 0.457 e. The van der Waals surface area contributed by atoms with Gasteiger partial charge in [0.1, 0.15) is 12.2 Å². The lowest BCUT2D eigenvalue weighted by atomic mass is 10.0. The van der Waals surface area contributed by atoms with Gasteiger partial charge in [-0.25, -0.2) is 4.57 Å². The van der Waals surface area contributed by atoms with Crippen LogP contribution in [0.1, 0.15) is 226 Å². The minimum absolute atomic E-state index is 0.0321. The van der Waals surface area contributed by atoms with Crippen LogP contribution in [-0.4, -0.2) is 66.3 Å². The summed E-state index contributed by atoms with van der Waals surface area (Å²) in [6.45, 7) is 3.37.